The molecule has 0 saturated carbocycles. The van der Waals surface area contributed by atoms with Gasteiger partial charge in [-0.1, -0.05) is 0 Å². The summed E-state index contributed by atoms with van der Waals surface area (Å²) in [5.74, 6) is -2.67. The van der Waals surface area contributed by atoms with E-state index in [0.29, 0.717) is 32.8 Å². The number of nitriles is 1. The lowest BCUT2D eigenvalue weighted by Gasteiger charge is -2.34. The van der Waals surface area contributed by atoms with Crippen molar-refractivity contribution in [1.29, 1.82) is 5.26 Å². The van der Waals surface area contributed by atoms with Gasteiger partial charge in [-0.25, -0.2) is 8.78 Å². The first-order valence-electron chi connectivity index (χ1n) is 7.94. The van der Waals surface area contributed by atoms with Crippen LogP contribution < -0.4 is 0 Å². The summed E-state index contributed by atoms with van der Waals surface area (Å²) in [5, 5.41) is 8.70. The average Bonchev–Trinajstić information content (AvgIpc) is 2.54. The summed E-state index contributed by atoms with van der Waals surface area (Å²) >= 11 is 0. The summed E-state index contributed by atoms with van der Waals surface area (Å²) in [6, 6.07) is 3.43. The normalized spacial score (nSPS) is 15.6. The first-order valence-corrected chi connectivity index (χ1v) is 7.94. The Bertz CT molecular complexity index is 612. The third kappa shape index (κ3) is 4.49. The molecule has 0 unspecified atom stereocenters. The molecule has 0 radical (unpaired) electrons. The van der Waals surface area contributed by atoms with Crippen LogP contribution in [-0.4, -0.2) is 61.1 Å². The van der Waals surface area contributed by atoms with Crippen molar-refractivity contribution in [3.8, 4) is 6.07 Å². The van der Waals surface area contributed by atoms with Gasteiger partial charge in [0.1, 0.15) is 17.2 Å². The van der Waals surface area contributed by atoms with Crippen LogP contribution >= 0.6 is 0 Å². The van der Waals surface area contributed by atoms with Crippen LogP contribution in [-0.2, 0) is 4.74 Å². The van der Waals surface area contributed by atoms with Gasteiger partial charge in [0.05, 0.1) is 24.3 Å². The minimum absolute atomic E-state index is 0.142. The predicted octanol–water partition coefficient (Wildman–Crippen LogP) is 2.02. The van der Waals surface area contributed by atoms with E-state index < -0.39 is 23.1 Å². The number of carbonyl (C=O) groups is 1. The number of piperazine rings is 1. The second-order valence-electron chi connectivity index (χ2n) is 5.98. The number of hydrogen-bond donors (Lipinski definition) is 0. The molecule has 1 heterocycles. The number of halogens is 2. The molecule has 0 aliphatic carbocycles. The van der Waals surface area contributed by atoms with Crippen molar-refractivity contribution in [2.75, 3.05) is 39.3 Å². The van der Waals surface area contributed by atoms with Crippen molar-refractivity contribution in [2.45, 2.75) is 20.0 Å². The van der Waals surface area contributed by atoms with E-state index in [0.717, 1.165) is 18.7 Å². The first-order chi connectivity index (χ1) is 11.4. The average molecular weight is 337 g/mol. The van der Waals surface area contributed by atoms with Crippen molar-refractivity contribution in [2.24, 2.45) is 0 Å². The molecule has 0 aromatic heterocycles. The highest BCUT2D eigenvalue weighted by Crippen LogP contribution is 2.18. The Balaban J connectivity index is 1.95. The van der Waals surface area contributed by atoms with Crippen molar-refractivity contribution < 1.29 is 18.3 Å². The summed E-state index contributed by atoms with van der Waals surface area (Å²) in [7, 11) is 0. The zero-order valence-corrected chi connectivity index (χ0v) is 13.9. The number of amides is 1. The van der Waals surface area contributed by atoms with Gasteiger partial charge < -0.3 is 9.64 Å². The van der Waals surface area contributed by atoms with Crippen LogP contribution in [0, 0.1) is 23.0 Å². The molecule has 0 atom stereocenters. The van der Waals surface area contributed by atoms with Gasteiger partial charge in [0.25, 0.3) is 5.91 Å². The third-order valence-corrected chi connectivity index (χ3v) is 3.90. The first kappa shape index (κ1) is 18.3. The van der Waals surface area contributed by atoms with Crippen LogP contribution in [0.4, 0.5) is 8.78 Å². The molecular weight excluding hydrogens is 316 g/mol. The Morgan fingerprint density at radius 2 is 1.83 bits per heavy atom. The zero-order chi connectivity index (χ0) is 17.7. The SMILES string of the molecule is CC(C)OCCN1CCN(C(=O)c2c(F)cc(C#N)cc2F)CC1. The van der Waals surface area contributed by atoms with Crippen LogP contribution in [0.2, 0.25) is 0 Å². The summed E-state index contributed by atoms with van der Waals surface area (Å²) in [6.45, 7) is 7.39. The molecule has 1 saturated heterocycles. The number of rotatable bonds is 5. The molecule has 1 aliphatic heterocycles. The fourth-order valence-electron chi connectivity index (χ4n) is 2.59. The fraction of sp³-hybridized carbons (Fsp3) is 0.529. The van der Waals surface area contributed by atoms with E-state index in [2.05, 4.69) is 4.90 Å². The lowest BCUT2D eigenvalue weighted by Crippen LogP contribution is -2.49. The third-order valence-electron chi connectivity index (χ3n) is 3.90. The molecular formula is C17H21F2N3O2. The highest BCUT2D eigenvalue weighted by atomic mass is 19.1. The molecule has 1 fully saturated rings. The van der Waals surface area contributed by atoms with E-state index in [1.54, 1.807) is 6.07 Å². The van der Waals surface area contributed by atoms with Gasteiger partial charge in [0, 0.05) is 32.7 Å². The van der Waals surface area contributed by atoms with Crippen molar-refractivity contribution in [1.82, 2.24) is 9.80 Å². The molecule has 1 amide bonds. The smallest absolute Gasteiger partial charge is 0.259 e. The fourth-order valence-corrected chi connectivity index (χ4v) is 2.59. The lowest BCUT2D eigenvalue weighted by atomic mass is 10.1. The van der Waals surface area contributed by atoms with Crippen molar-refractivity contribution in [3.63, 3.8) is 0 Å². The Morgan fingerprint density at radius 1 is 1.25 bits per heavy atom. The van der Waals surface area contributed by atoms with Gasteiger partial charge in [0.15, 0.2) is 0 Å². The summed E-state index contributed by atoms with van der Waals surface area (Å²) in [4.78, 5) is 16.0. The van der Waals surface area contributed by atoms with E-state index in [1.807, 2.05) is 13.8 Å². The maximum atomic E-state index is 14.0. The highest BCUT2D eigenvalue weighted by molar-refractivity contribution is 5.95. The topological polar surface area (TPSA) is 56.6 Å². The number of hydrogen-bond acceptors (Lipinski definition) is 4. The maximum absolute atomic E-state index is 14.0. The van der Waals surface area contributed by atoms with Gasteiger partial charge >= 0.3 is 0 Å². The molecule has 0 N–H and O–H groups in total. The molecule has 2 rings (SSSR count). The molecule has 1 aromatic rings. The standard InChI is InChI=1S/C17H21F2N3O2/c1-12(2)24-8-7-21-3-5-22(6-4-21)17(23)16-14(18)9-13(11-20)10-15(16)19/h9-10,12H,3-8H2,1-2H3. The summed E-state index contributed by atoms with van der Waals surface area (Å²) in [5.41, 5.74) is -0.734. The molecule has 0 spiro atoms. The lowest BCUT2D eigenvalue weighted by molar-refractivity contribution is 0.0403. The van der Waals surface area contributed by atoms with Gasteiger partial charge in [-0.15, -0.1) is 0 Å². The van der Waals surface area contributed by atoms with Crippen molar-refractivity contribution >= 4 is 5.91 Å². The predicted molar refractivity (Wildman–Crippen MR) is 84.5 cm³/mol. The molecule has 1 aromatic carbocycles. The minimum atomic E-state index is -0.996. The molecule has 7 heteroatoms. The largest absolute Gasteiger partial charge is 0.377 e. The summed E-state index contributed by atoms with van der Waals surface area (Å²) in [6.07, 6.45) is 0.176. The zero-order valence-electron chi connectivity index (χ0n) is 13.9. The van der Waals surface area contributed by atoms with Crippen LogP contribution in [0.1, 0.15) is 29.8 Å². The Kier molecular flexibility index (Phi) is 6.23. The second-order valence-corrected chi connectivity index (χ2v) is 5.98. The van der Waals surface area contributed by atoms with E-state index in [4.69, 9.17) is 10.00 Å². The van der Waals surface area contributed by atoms with Gasteiger partial charge in [0.2, 0.25) is 0 Å². The van der Waals surface area contributed by atoms with E-state index in [-0.39, 0.29) is 11.7 Å². The Hall–Kier alpha value is -2.04. The van der Waals surface area contributed by atoms with Crippen LogP contribution in [0.25, 0.3) is 0 Å². The Labute approximate surface area is 140 Å². The van der Waals surface area contributed by atoms with Crippen LogP contribution in [0.5, 0.6) is 0 Å². The molecule has 0 bridgehead atoms. The quantitative estimate of drug-likeness (QED) is 0.825. The van der Waals surface area contributed by atoms with Crippen LogP contribution in [0.15, 0.2) is 12.1 Å². The number of carbonyl (C=O) groups excluding carboxylic acids is 1. The van der Waals surface area contributed by atoms with E-state index in [9.17, 15) is 13.6 Å². The maximum Gasteiger partial charge on any atom is 0.259 e. The molecule has 5 nitrogen and oxygen atoms in total. The van der Waals surface area contributed by atoms with Gasteiger partial charge in [-0.2, -0.15) is 5.26 Å². The van der Waals surface area contributed by atoms with Gasteiger partial charge in [-0.3, -0.25) is 9.69 Å². The molecule has 24 heavy (non-hydrogen) atoms. The summed E-state index contributed by atoms with van der Waals surface area (Å²) < 4.78 is 33.4. The highest BCUT2D eigenvalue weighted by Gasteiger charge is 2.27. The number of ether oxygens (including phenoxy) is 1. The second kappa shape index (κ2) is 8.18. The van der Waals surface area contributed by atoms with E-state index in [1.165, 1.54) is 4.90 Å². The molecule has 130 valence electrons. The Morgan fingerprint density at radius 3 is 2.33 bits per heavy atom. The van der Waals surface area contributed by atoms with Crippen molar-refractivity contribution in [3.05, 3.63) is 34.9 Å². The number of nitrogens with zero attached hydrogens (tertiary/aromatic N) is 3. The monoisotopic (exact) mass is 337 g/mol. The number of benzene rings is 1. The minimum Gasteiger partial charge on any atom is -0.377 e. The van der Waals surface area contributed by atoms with Crippen LogP contribution in [0.3, 0.4) is 0 Å². The van der Waals surface area contributed by atoms with E-state index >= 15 is 0 Å². The molecule has 1 aliphatic rings. The van der Waals surface area contributed by atoms with Gasteiger partial charge in [-0.05, 0) is 26.0 Å².